The first-order valence-corrected chi connectivity index (χ1v) is 4.76. The number of carboxylic acid groups (broad SMARTS) is 1. The van der Waals surface area contributed by atoms with Crippen molar-refractivity contribution in [1.29, 1.82) is 0 Å². The van der Waals surface area contributed by atoms with Gasteiger partial charge in [-0.05, 0) is 25.1 Å². The zero-order valence-corrected chi connectivity index (χ0v) is 7.93. The van der Waals surface area contributed by atoms with Crippen molar-refractivity contribution < 1.29 is 24.7 Å². The molecule has 5 nitrogen and oxygen atoms in total. The van der Waals surface area contributed by atoms with Gasteiger partial charge in [0.05, 0.1) is 12.5 Å². The third kappa shape index (κ3) is 3.65. The Bertz CT molecular complexity index is 196. The minimum atomic E-state index is -1.31. The van der Waals surface area contributed by atoms with Gasteiger partial charge in [0.15, 0.2) is 0 Å². The maximum Gasteiger partial charge on any atom is 0.451 e. The number of carbonyl (C=O) groups is 1. The molecule has 0 radical (unpaired) electrons. The first kappa shape index (κ1) is 11.5. The van der Waals surface area contributed by atoms with Gasteiger partial charge in [-0.25, -0.2) is 0 Å². The summed E-state index contributed by atoms with van der Waals surface area (Å²) in [6.07, 6.45) is 1.45. The van der Waals surface area contributed by atoms with Gasteiger partial charge in [0.2, 0.25) is 0 Å². The summed E-state index contributed by atoms with van der Waals surface area (Å²) in [6.45, 7) is 0.796. The Morgan fingerprint density at radius 2 is 2.14 bits per heavy atom. The summed E-state index contributed by atoms with van der Waals surface area (Å²) in [4.78, 5) is 10.7. The van der Waals surface area contributed by atoms with E-state index in [0.717, 1.165) is 0 Å². The lowest BCUT2D eigenvalue weighted by Crippen LogP contribution is -2.31. The highest BCUT2D eigenvalue weighted by atomic mass is 16.5. The van der Waals surface area contributed by atoms with Crippen LogP contribution in [0.5, 0.6) is 0 Å². The Morgan fingerprint density at radius 1 is 1.43 bits per heavy atom. The first-order valence-electron chi connectivity index (χ1n) is 4.76. The standard InChI is InChI=1S/C8H15BO5/c10-8(11)7-3-6(4-14-5-7)1-2-9(12)13/h6-7,12-13H,1-5H2,(H,10,11)/t6-,7+/m1/s1. The molecule has 0 spiro atoms. The fraction of sp³-hybridized carbons (Fsp3) is 0.875. The summed E-state index contributed by atoms with van der Waals surface area (Å²) >= 11 is 0. The molecule has 80 valence electrons. The van der Waals surface area contributed by atoms with Gasteiger partial charge >= 0.3 is 13.1 Å². The van der Waals surface area contributed by atoms with E-state index in [1.54, 1.807) is 0 Å². The van der Waals surface area contributed by atoms with E-state index in [1.807, 2.05) is 0 Å². The topological polar surface area (TPSA) is 87.0 Å². The first-order chi connectivity index (χ1) is 6.59. The van der Waals surface area contributed by atoms with Crippen LogP contribution >= 0.6 is 0 Å². The number of carboxylic acids is 1. The molecule has 1 fully saturated rings. The van der Waals surface area contributed by atoms with E-state index in [9.17, 15) is 4.79 Å². The minimum absolute atomic E-state index is 0.131. The summed E-state index contributed by atoms with van der Waals surface area (Å²) < 4.78 is 5.14. The van der Waals surface area contributed by atoms with Gasteiger partial charge in [-0.3, -0.25) is 4.79 Å². The molecule has 0 aromatic rings. The SMILES string of the molecule is O=C(O)[C@@H]1COC[C@H](CCB(O)O)C1. The van der Waals surface area contributed by atoms with Gasteiger partial charge in [0.25, 0.3) is 0 Å². The second-order valence-electron chi connectivity index (χ2n) is 3.73. The molecule has 14 heavy (non-hydrogen) atoms. The molecule has 0 aliphatic carbocycles. The fourth-order valence-corrected chi connectivity index (χ4v) is 1.67. The average Bonchev–Trinajstić information content (AvgIpc) is 2.15. The lowest BCUT2D eigenvalue weighted by atomic mass is 9.78. The summed E-state index contributed by atoms with van der Waals surface area (Å²) in [5.74, 6) is -1.14. The molecule has 0 aromatic carbocycles. The largest absolute Gasteiger partial charge is 0.481 e. The lowest BCUT2D eigenvalue weighted by molar-refractivity contribution is -0.147. The van der Waals surface area contributed by atoms with Crippen molar-refractivity contribution in [2.45, 2.75) is 19.2 Å². The predicted octanol–water partition coefficient (Wildman–Crippen LogP) is -0.413. The van der Waals surface area contributed by atoms with Crippen LogP contribution in [0.2, 0.25) is 6.32 Å². The third-order valence-electron chi connectivity index (χ3n) is 2.47. The van der Waals surface area contributed by atoms with E-state index in [4.69, 9.17) is 19.9 Å². The average molecular weight is 202 g/mol. The maximum absolute atomic E-state index is 10.7. The molecule has 0 unspecified atom stereocenters. The molecule has 0 amide bonds. The Hall–Kier alpha value is -0.585. The maximum atomic E-state index is 10.7. The van der Waals surface area contributed by atoms with Gasteiger partial charge in [0.1, 0.15) is 0 Å². The van der Waals surface area contributed by atoms with Crippen molar-refractivity contribution >= 4 is 13.1 Å². The molecule has 3 N–H and O–H groups in total. The summed E-state index contributed by atoms with van der Waals surface area (Å²) in [5.41, 5.74) is 0. The van der Waals surface area contributed by atoms with Crippen molar-refractivity contribution in [1.82, 2.24) is 0 Å². The van der Waals surface area contributed by atoms with Crippen molar-refractivity contribution in [3.63, 3.8) is 0 Å². The normalized spacial score (nSPS) is 27.3. The van der Waals surface area contributed by atoms with E-state index in [-0.39, 0.29) is 18.8 Å². The number of hydrogen-bond acceptors (Lipinski definition) is 4. The van der Waals surface area contributed by atoms with Crippen molar-refractivity contribution in [2.75, 3.05) is 13.2 Å². The zero-order valence-electron chi connectivity index (χ0n) is 7.93. The van der Waals surface area contributed by atoms with Crippen LogP contribution in [0.4, 0.5) is 0 Å². The van der Waals surface area contributed by atoms with E-state index in [0.29, 0.717) is 19.4 Å². The van der Waals surface area contributed by atoms with Gasteiger partial charge in [-0.2, -0.15) is 0 Å². The van der Waals surface area contributed by atoms with Gasteiger partial charge in [-0.15, -0.1) is 0 Å². The van der Waals surface area contributed by atoms with Crippen LogP contribution in [0.1, 0.15) is 12.8 Å². The molecule has 1 saturated heterocycles. The number of rotatable bonds is 4. The van der Waals surface area contributed by atoms with Crippen molar-refractivity contribution in [3.8, 4) is 0 Å². The van der Waals surface area contributed by atoms with Crippen molar-refractivity contribution in [2.24, 2.45) is 11.8 Å². The van der Waals surface area contributed by atoms with Crippen LogP contribution in [-0.4, -0.2) is 41.5 Å². The van der Waals surface area contributed by atoms with Crippen LogP contribution in [0, 0.1) is 11.8 Å². The van der Waals surface area contributed by atoms with Gasteiger partial charge in [-0.1, -0.05) is 0 Å². The smallest absolute Gasteiger partial charge is 0.451 e. The predicted molar refractivity (Wildman–Crippen MR) is 49.7 cm³/mol. The Morgan fingerprint density at radius 3 is 2.71 bits per heavy atom. The molecular weight excluding hydrogens is 187 g/mol. The fourth-order valence-electron chi connectivity index (χ4n) is 1.67. The zero-order chi connectivity index (χ0) is 10.6. The molecule has 1 aliphatic heterocycles. The number of aliphatic carboxylic acids is 1. The van der Waals surface area contributed by atoms with E-state index >= 15 is 0 Å². The minimum Gasteiger partial charge on any atom is -0.481 e. The second-order valence-corrected chi connectivity index (χ2v) is 3.73. The summed E-state index contributed by atoms with van der Waals surface area (Å²) in [6, 6.07) is 0. The van der Waals surface area contributed by atoms with Crippen molar-refractivity contribution in [3.05, 3.63) is 0 Å². The third-order valence-corrected chi connectivity index (χ3v) is 2.47. The molecule has 2 atom stereocenters. The molecule has 1 heterocycles. The summed E-state index contributed by atoms with van der Waals surface area (Å²) in [5, 5.41) is 26.1. The second kappa shape index (κ2) is 5.33. The molecule has 1 aliphatic rings. The molecule has 0 aromatic heterocycles. The van der Waals surface area contributed by atoms with Crippen LogP contribution in [0.25, 0.3) is 0 Å². The molecule has 6 heteroatoms. The highest BCUT2D eigenvalue weighted by Gasteiger charge is 2.28. The van der Waals surface area contributed by atoms with Gasteiger partial charge in [0, 0.05) is 6.61 Å². The van der Waals surface area contributed by atoms with E-state index in [1.165, 1.54) is 0 Å². The molecule has 0 saturated carbocycles. The quantitative estimate of drug-likeness (QED) is 0.539. The van der Waals surface area contributed by atoms with Gasteiger partial charge < -0.3 is 19.9 Å². The lowest BCUT2D eigenvalue weighted by Gasteiger charge is -2.26. The van der Waals surface area contributed by atoms with Crippen LogP contribution < -0.4 is 0 Å². The Balaban J connectivity index is 2.29. The highest BCUT2D eigenvalue weighted by Crippen LogP contribution is 2.24. The van der Waals surface area contributed by atoms with E-state index in [2.05, 4.69) is 0 Å². The molecule has 0 bridgehead atoms. The molecule has 1 rings (SSSR count). The van der Waals surface area contributed by atoms with Crippen LogP contribution in [0.3, 0.4) is 0 Å². The Kier molecular flexibility index (Phi) is 4.38. The van der Waals surface area contributed by atoms with Crippen LogP contribution in [-0.2, 0) is 9.53 Å². The van der Waals surface area contributed by atoms with Crippen LogP contribution in [0.15, 0.2) is 0 Å². The summed E-state index contributed by atoms with van der Waals surface area (Å²) in [7, 11) is -1.31. The number of hydrogen-bond donors (Lipinski definition) is 3. The Labute approximate surface area is 82.8 Å². The monoisotopic (exact) mass is 202 g/mol. The van der Waals surface area contributed by atoms with E-state index < -0.39 is 19.0 Å². The molecular formula is C8H15BO5. The number of ether oxygens (including phenoxy) is 1. The highest BCUT2D eigenvalue weighted by molar-refractivity contribution is 6.40.